The minimum Gasteiger partial charge on any atom is -0.464 e. The minimum absolute atomic E-state index is 0.0263. The summed E-state index contributed by atoms with van der Waals surface area (Å²) < 4.78 is 4.86. The second-order valence-electron chi connectivity index (χ2n) is 2.79. The van der Waals surface area contributed by atoms with Gasteiger partial charge in [-0.1, -0.05) is 6.92 Å². The molecule has 0 saturated carbocycles. The molecule has 0 atom stereocenters. The van der Waals surface area contributed by atoms with Gasteiger partial charge < -0.3 is 9.64 Å². The fourth-order valence-electron chi connectivity index (χ4n) is 0.958. The lowest BCUT2D eigenvalue weighted by Crippen LogP contribution is -2.32. The standard InChI is InChI=1S/C8H13NO3S/c1-2-3-12-8(11)4-9-6-13-5-7(9)10/h2-6H2,1H3. The first kappa shape index (κ1) is 10.4. The Labute approximate surface area is 81.6 Å². The van der Waals surface area contributed by atoms with Crippen LogP contribution in [-0.4, -0.2) is 41.6 Å². The van der Waals surface area contributed by atoms with Crippen LogP contribution >= 0.6 is 11.8 Å². The smallest absolute Gasteiger partial charge is 0.325 e. The molecule has 1 fully saturated rings. The number of carbonyl (C=O) groups excluding carboxylic acids is 2. The van der Waals surface area contributed by atoms with Crippen LogP contribution in [0.5, 0.6) is 0 Å². The Hall–Kier alpha value is -0.710. The highest BCUT2D eigenvalue weighted by atomic mass is 32.2. The minimum atomic E-state index is -0.308. The summed E-state index contributed by atoms with van der Waals surface area (Å²) in [6.45, 7) is 2.48. The second kappa shape index (κ2) is 5.11. The number of hydrogen-bond donors (Lipinski definition) is 0. The van der Waals surface area contributed by atoms with Gasteiger partial charge in [0, 0.05) is 0 Å². The Balaban J connectivity index is 2.23. The van der Waals surface area contributed by atoms with Crippen LogP contribution in [0.3, 0.4) is 0 Å². The molecule has 1 aliphatic heterocycles. The van der Waals surface area contributed by atoms with Crippen molar-refractivity contribution in [1.82, 2.24) is 4.90 Å². The van der Waals surface area contributed by atoms with Gasteiger partial charge in [0.05, 0.1) is 18.2 Å². The zero-order valence-electron chi connectivity index (χ0n) is 7.62. The van der Waals surface area contributed by atoms with Crippen LogP contribution in [0.2, 0.25) is 0 Å². The molecular formula is C8H13NO3S. The van der Waals surface area contributed by atoms with Gasteiger partial charge in [0.2, 0.25) is 5.91 Å². The van der Waals surface area contributed by atoms with Crippen molar-refractivity contribution in [3.63, 3.8) is 0 Å². The number of carbonyl (C=O) groups is 2. The molecule has 0 spiro atoms. The second-order valence-corrected chi connectivity index (χ2v) is 3.74. The summed E-state index contributed by atoms with van der Waals surface area (Å²) in [6.07, 6.45) is 0.814. The third-order valence-corrected chi connectivity index (χ3v) is 2.56. The zero-order chi connectivity index (χ0) is 9.68. The summed E-state index contributed by atoms with van der Waals surface area (Å²) >= 11 is 1.52. The summed E-state index contributed by atoms with van der Waals surface area (Å²) in [4.78, 5) is 23.7. The van der Waals surface area contributed by atoms with Crippen molar-refractivity contribution >= 4 is 23.6 Å². The van der Waals surface area contributed by atoms with Gasteiger partial charge in [-0.2, -0.15) is 0 Å². The van der Waals surface area contributed by atoms with Crippen LogP contribution < -0.4 is 0 Å². The maximum atomic E-state index is 11.1. The quantitative estimate of drug-likeness (QED) is 0.623. The van der Waals surface area contributed by atoms with Crippen molar-refractivity contribution in [2.45, 2.75) is 13.3 Å². The molecule has 4 nitrogen and oxygen atoms in total. The maximum absolute atomic E-state index is 11.1. The van der Waals surface area contributed by atoms with Crippen molar-refractivity contribution < 1.29 is 14.3 Å². The van der Waals surface area contributed by atoms with Crippen molar-refractivity contribution in [1.29, 1.82) is 0 Å². The van der Waals surface area contributed by atoms with Crippen LogP contribution in [0.1, 0.15) is 13.3 Å². The Morgan fingerprint density at radius 3 is 3.00 bits per heavy atom. The monoisotopic (exact) mass is 203 g/mol. The van der Waals surface area contributed by atoms with Gasteiger partial charge >= 0.3 is 5.97 Å². The first-order valence-corrected chi connectivity index (χ1v) is 5.40. The molecule has 74 valence electrons. The summed E-state index contributed by atoms with van der Waals surface area (Å²) in [7, 11) is 0. The molecule has 0 aromatic heterocycles. The Morgan fingerprint density at radius 1 is 1.69 bits per heavy atom. The number of amides is 1. The molecule has 1 rings (SSSR count). The lowest BCUT2D eigenvalue weighted by Gasteiger charge is -2.12. The van der Waals surface area contributed by atoms with E-state index in [4.69, 9.17) is 4.74 Å². The van der Waals surface area contributed by atoms with E-state index < -0.39 is 0 Å². The fraction of sp³-hybridized carbons (Fsp3) is 0.750. The number of rotatable bonds is 4. The molecule has 0 bridgehead atoms. The Bertz CT molecular complexity index is 208. The fourth-order valence-corrected chi connectivity index (χ4v) is 1.86. The van der Waals surface area contributed by atoms with Gasteiger partial charge in [0.15, 0.2) is 0 Å². The third-order valence-electron chi connectivity index (χ3n) is 1.61. The molecule has 0 aromatic carbocycles. The molecule has 0 unspecified atom stereocenters. The van der Waals surface area contributed by atoms with E-state index in [1.807, 2.05) is 6.92 Å². The Kier molecular flexibility index (Phi) is 4.08. The largest absolute Gasteiger partial charge is 0.464 e. The molecule has 1 heterocycles. The average Bonchev–Trinajstić information content (AvgIpc) is 2.48. The molecule has 1 aliphatic rings. The summed E-state index contributed by atoms with van der Waals surface area (Å²) in [5.74, 6) is 0.817. The highest BCUT2D eigenvalue weighted by molar-refractivity contribution is 8.00. The zero-order valence-corrected chi connectivity index (χ0v) is 8.43. The van der Waals surface area contributed by atoms with Crippen LogP contribution in [0.15, 0.2) is 0 Å². The number of ether oxygens (including phenoxy) is 1. The third kappa shape index (κ3) is 3.26. The lowest BCUT2D eigenvalue weighted by molar-refractivity contribution is -0.147. The topological polar surface area (TPSA) is 46.6 Å². The molecule has 0 N–H and O–H groups in total. The predicted octanol–water partition coefficient (Wildman–Crippen LogP) is 0.473. The normalized spacial score (nSPS) is 16.4. The van der Waals surface area contributed by atoms with Gasteiger partial charge in [-0.15, -0.1) is 11.8 Å². The van der Waals surface area contributed by atoms with E-state index in [9.17, 15) is 9.59 Å². The summed E-state index contributed by atoms with van der Waals surface area (Å²) in [5, 5.41) is 0. The molecule has 0 aromatic rings. The van der Waals surface area contributed by atoms with Gasteiger partial charge in [-0.3, -0.25) is 9.59 Å². The van der Waals surface area contributed by atoms with Crippen molar-refractivity contribution in [2.24, 2.45) is 0 Å². The molecule has 0 radical (unpaired) electrons. The van der Waals surface area contributed by atoms with Gasteiger partial charge in [0.1, 0.15) is 6.54 Å². The van der Waals surface area contributed by atoms with Gasteiger partial charge in [0.25, 0.3) is 0 Å². The molecule has 1 amide bonds. The molecule has 13 heavy (non-hydrogen) atoms. The maximum Gasteiger partial charge on any atom is 0.325 e. The highest BCUT2D eigenvalue weighted by Gasteiger charge is 2.23. The van der Waals surface area contributed by atoms with Crippen molar-refractivity contribution in [2.75, 3.05) is 24.8 Å². The van der Waals surface area contributed by atoms with E-state index in [0.29, 0.717) is 18.2 Å². The number of thioether (sulfide) groups is 1. The van der Waals surface area contributed by atoms with Crippen molar-refractivity contribution in [3.05, 3.63) is 0 Å². The summed E-state index contributed by atoms with van der Waals surface area (Å²) in [6, 6.07) is 0. The van der Waals surface area contributed by atoms with Gasteiger partial charge in [-0.25, -0.2) is 0 Å². The molecule has 0 aliphatic carbocycles. The van der Waals surface area contributed by atoms with Crippen LogP contribution in [0, 0.1) is 0 Å². The van der Waals surface area contributed by atoms with E-state index in [1.54, 1.807) is 0 Å². The van der Waals surface area contributed by atoms with E-state index in [1.165, 1.54) is 16.7 Å². The van der Waals surface area contributed by atoms with Crippen LogP contribution in [0.25, 0.3) is 0 Å². The van der Waals surface area contributed by atoms with Crippen LogP contribution in [0.4, 0.5) is 0 Å². The SMILES string of the molecule is CCCOC(=O)CN1CSCC1=O. The van der Waals surface area contributed by atoms with E-state index in [2.05, 4.69) is 0 Å². The number of esters is 1. The lowest BCUT2D eigenvalue weighted by atomic mass is 10.5. The average molecular weight is 203 g/mol. The van der Waals surface area contributed by atoms with E-state index >= 15 is 0 Å². The van der Waals surface area contributed by atoms with Crippen molar-refractivity contribution in [3.8, 4) is 0 Å². The number of nitrogens with zero attached hydrogens (tertiary/aromatic N) is 1. The van der Waals surface area contributed by atoms with Gasteiger partial charge in [-0.05, 0) is 6.42 Å². The summed E-state index contributed by atoms with van der Waals surface area (Å²) in [5.41, 5.74) is 0. The first-order chi connectivity index (χ1) is 6.24. The molecule has 5 heteroatoms. The Morgan fingerprint density at radius 2 is 2.46 bits per heavy atom. The highest BCUT2D eigenvalue weighted by Crippen LogP contribution is 2.14. The van der Waals surface area contributed by atoms with E-state index in [0.717, 1.165) is 6.42 Å². The number of hydrogen-bond acceptors (Lipinski definition) is 4. The van der Waals surface area contributed by atoms with E-state index in [-0.39, 0.29) is 18.4 Å². The first-order valence-electron chi connectivity index (χ1n) is 4.25. The molecular weight excluding hydrogens is 190 g/mol. The molecule has 1 saturated heterocycles. The predicted molar refractivity (Wildman–Crippen MR) is 50.3 cm³/mol. The van der Waals surface area contributed by atoms with Crippen LogP contribution in [-0.2, 0) is 14.3 Å².